The standard InChI is InChI=1S/3C6H14N2O2.C5H11NO2S.C4H7NO4.C3H7NO3.C2H5NO2/c3*7-4-2-1-3-5(8)6(9)10;1-9-3-2-4(6)5(7)8;5-2(4(8)9)1-3(6)7;4-2(1-5)3(6)7;3-1-2(4)5/h3*5H,1-4,7-8H2,(H,9,10);4H,2-3,6H2,1H3,(H,7,8);2H,1,5H2,(H,6,7)(H,8,9);2,5H,1,4H2,(H,6,7);1,3H2,(H,4,5)/t3*5-;4-;2*2-;/m000000./s1. The minimum absolute atomic E-state index is 0.278. The van der Waals surface area contributed by atoms with Crippen molar-refractivity contribution in [3.05, 3.63) is 0 Å². The lowest BCUT2D eigenvalue weighted by Gasteiger charge is -2.03. The minimum atomic E-state index is -1.29. The number of unbranched alkanes of at least 4 members (excludes halogenated alkanes) is 3. The van der Waals surface area contributed by atoms with Crippen molar-refractivity contribution in [2.45, 2.75) is 107 Å². The van der Waals surface area contributed by atoms with E-state index in [4.69, 9.17) is 97.6 Å². The highest BCUT2D eigenvalue weighted by Gasteiger charge is 2.15. The highest BCUT2D eigenvalue weighted by atomic mass is 32.2. The summed E-state index contributed by atoms with van der Waals surface area (Å²) in [6, 6.07) is -5.25. The molecule has 0 heterocycles. The van der Waals surface area contributed by atoms with E-state index in [9.17, 15) is 38.4 Å². The second kappa shape index (κ2) is 50.8. The molecule has 0 rings (SSSR count). The molecule has 0 aromatic rings. The van der Waals surface area contributed by atoms with Crippen LogP contribution in [0.4, 0.5) is 0 Å². The number of aliphatic carboxylic acids is 8. The van der Waals surface area contributed by atoms with Gasteiger partial charge in [-0.1, -0.05) is 19.3 Å². The Hall–Kier alpha value is -4.33. The van der Waals surface area contributed by atoms with Crippen molar-refractivity contribution in [1.82, 2.24) is 0 Å². The summed E-state index contributed by atoms with van der Waals surface area (Å²) in [7, 11) is 0. The Balaban J connectivity index is -0.000000110. The molecule has 0 aliphatic carbocycles. The maximum atomic E-state index is 10.1. The number of carboxylic acids is 8. The predicted molar refractivity (Wildman–Crippen MR) is 221 cm³/mol. The number of hydrogen-bond donors (Lipinski definition) is 19. The van der Waals surface area contributed by atoms with Crippen molar-refractivity contribution >= 4 is 59.5 Å². The van der Waals surface area contributed by atoms with E-state index in [1.807, 2.05) is 6.26 Å². The Labute approximate surface area is 352 Å². The van der Waals surface area contributed by atoms with Gasteiger partial charge in [0.05, 0.1) is 19.6 Å². The van der Waals surface area contributed by atoms with Crippen molar-refractivity contribution < 1.29 is 84.3 Å². The van der Waals surface area contributed by atoms with Gasteiger partial charge in [-0.3, -0.25) is 38.4 Å². The molecule has 0 spiro atoms. The average Bonchev–Trinajstić information content (AvgIpc) is 3.17. The van der Waals surface area contributed by atoms with Crippen LogP contribution in [-0.4, -0.2) is 175 Å². The fourth-order valence-corrected chi connectivity index (χ4v) is 3.11. The molecule has 0 aromatic heterocycles. The van der Waals surface area contributed by atoms with E-state index < -0.39 is 97.0 Å². The summed E-state index contributed by atoms with van der Waals surface area (Å²) >= 11 is 1.60. The van der Waals surface area contributed by atoms with Crippen LogP contribution in [0.2, 0.25) is 0 Å². The molecule has 0 bridgehead atoms. The first-order valence-corrected chi connectivity index (χ1v) is 19.4. The second-order valence-electron chi connectivity index (χ2n) is 11.7. The highest BCUT2D eigenvalue weighted by molar-refractivity contribution is 7.98. The normalized spacial score (nSPS) is 12.5. The van der Waals surface area contributed by atoms with Crippen LogP contribution in [0, 0.1) is 0 Å². The molecule has 358 valence electrons. The van der Waals surface area contributed by atoms with Crippen molar-refractivity contribution in [1.29, 1.82) is 0 Å². The molecular formula is C32H72N10O17S. The maximum absolute atomic E-state index is 10.1. The fourth-order valence-electron chi connectivity index (χ4n) is 2.62. The summed E-state index contributed by atoms with van der Waals surface area (Å²) in [5, 5.41) is 72.8. The van der Waals surface area contributed by atoms with E-state index in [1.54, 1.807) is 11.8 Å². The lowest BCUT2D eigenvalue weighted by molar-refractivity contribution is -0.144. The number of nitrogens with two attached hydrogens (primary N) is 10. The third-order valence-electron chi connectivity index (χ3n) is 6.21. The van der Waals surface area contributed by atoms with E-state index in [-0.39, 0.29) is 6.54 Å². The third-order valence-corrected chi connectivity index (χ3v) is 6.85. The molecule has 0 aliphatic rings. The van der Waals surface area contributed by atoms with Crippen molar-refractivity contribution in [2.75, 3.05) is 44.8 Å². The molecule has 0 saturated heterocycles. The summed E-state index contributed by atoms with van der Waals surface area (Å²) in [6.07, 6.45) is 8.44. The molecule has 60 heavy (non-hydrogen) atoms. The minimum Gasteiger partial charge on any atom is -0.481 e. The van der Waals surface area contributed by atoms with Crippen LogP contribution in [0.5, 0.6) is 0 Å². The summed E-state index contributed by atoms with van der Waals surface area (Å²) in [6.45, 7) is 1.03. The van der Waals surface area contributed by atoms with Gasteiger partial charge in [0.25, 0.3) is 0 Å². The molecule has 28 heteroatoms. The molecule has 29 N–H and O–H groups in total. The number of carboxylic acid groups (broad SMARTS) is 8. The number of aliphatic hydroxyl groups excluding tert-OH is 1. The van der Waals surface area contributed by atoms with Gasteiger partial charge in [0.2, 0.25) is 0 Å². The Kier molecular flexibility index (Phi) is 59.5. The zero-order chi connectivity index (χ0) is 48.8. The van der Waals surface area contributed by atoms with Crippen molar-refractivity contribution in [2.24, 2.45) is 57.3 Å². The molecule has 0 radical (unpaired) electrons. The summed E-state index contributed by atoms with van der Waals surface area (Å²) in [5.74, 6) is -7.54. The van der Waals surface area contributed by atoms with E-state index in [1.165, 1.54) is 0 Å². The Morgan fingerprint density at radius 3 is 0.800 bits per heavy atom. The smallest absolute Gasteiger partial charge is 0.322 e. The first-order chi connectivity index (χ1) is 27.7. The molecule has 0 amide bonds. The molecule has 27 nitrogen and oxygen atoms in total. The first kappa shape index (κ1) is 70.2. The van der Waals surface area contributed by atoms with Crippen LogP contribution in [0.3, 0.4) is 0 Å². The number of aliphatic hydroxyl groups is 1. The average molecular weight is 901 g/mol. The van der Waals surface area contributed by atoms with Gasteiger partial charge >= 0.3 is 47.8 Å². The van der Waals surface area contributed by atoms with E-state index >= 15 is 0 Å². The zero-order valence-corrected chi connectivity index (χ0v) is 34.8. The second-order valence-corrected chi connectivity index (χ2v) is 12.7. The zero-order valence-electron chi connectivity index (χ0n) is 34.0. The largest absolute Gasteiger partial charge is 0.481 e. The van der Waals surface area contributed by atoms with Crippen LogP contribution >= 0.6 is 11.8 Å². The van der Waals surface area contributed by atoms with Crippen LogP contribution < -0.4 is 57.3 Å². The number of thioether (sulfide) groups is 1. The van der Waals surface area contributed by atoms with E-state index in [2.05, 4.69) is 5.73 Å². The fraction of sp³-hybridized carbons (Fsp3) is 0.750. The predicted octanol–water partition coefficient (Wildman–Crippen LogP) is -4.97. The molecule has 0 unspecified atom stereocenters. The third kappa shape index (κ3) is 68.4. The summed E-state index contributed by atoms with van der Waals surface area (Å²) in [5.41, 5.74) is 50.6. The molecule has 0 fully saturated rings. The van der Waals surface area contributed by atoms with Gasteiger partial charge in [0, 0.05) is 0 Å². The number of rotatable bonds is 25. The van der Waals surface area contributed by atoms with Crippen molar-refractivity contribution in [3.63, 3.8) is 0 Å². The Morgan fingerprint density at radius 2 is 0.667 bits per heavy atom. The van der Waals surface area contributed by atoms with Crippen molar-refractivity contribution in [3.8, 4) is 0 Å². The molecular weight excluding hydrogens is 828 g/mol. The van der Waals surface area contributed by atoms with Gasteiger partial charge in [-0.15, -0.1) is 0 Å². The number of hydrogen-bond acceptors (Lipinski definition) is 20. The van der Waals surface area contributed by atoms with Gasteiger partial charge in [-0.25, -0.2) is 0 Å². The highest BCUT2D eigenvalue weighted by Crippen LogP contribution is 1.99. The Bertz CT molecular complexity index is 1070. The lowest BCUT2D eigenvalue weighted by atomic mass is 10.1. The SMILES string of the molecule is CSCC[C@H](N)C(=O)O.NCC(=O)O.NCCCC[C@H](N)C(=O)O.NCCCC[C@H](N)C(=O)O.NCCCC[C@H](N)C(=O)O.N[C@@H](CC(=O)O)C(=O)O.N[C@@H](CO)C(=O)O. The molecule has 6 atom stereocenters. The maximum Gasteiger partial charge on any atom is 0.322 e. The quantitative estimate of drug-likeness (QED) is 0.0382. The lowest BCUT2D eigenvalue weighted by Crippen LogP contribution is -2.33. The van der Waals surface area contributed by atoms with Gasteiger partial charge in [-0.05, 0) is 76.6 Å². The van der Waals surface area contributed by atoms with Gasteiger partial charge in [-0.2, -0.15) is 11.8 Å². The van der Waals surface area contributed by atoms with Gasteiger partial charge in [0.15, 0.2) is 0 Å². The summed E-state index contributed by atoms with van der Waals surface area (Å²) < 4.78 is 0. The topological polar surface area (TPSA) is 579 Å². The Morgan fingerprint density at radius 1 is 0.417 bits per heavy atom. The molecule has 0 aliphatic heterocycles. The van der Waals surface area contributed by atoms with Crippen LogP contribution in [0.25, 0.3) is 0 Å². The summed E-state index contributed by atoms with van der Waals surface area (Å²) in [4.78, 5) is 79.0. The first-order valence-electron chi connectivity index (χ1n) is 18.0. The van der Waals surface area contributed by atoms with Gasteiger partial charge < -0.3 is 103 Å². The van der Waals surface area contributed by atoms with Crippen LogP contribution in [0.15, 0.2) is 0 Å². The van der Waals surface area contributed by atoms with Gasteiger partial charge in [0.1, 0.15) is 36.3 Å². The number of carbonyl (C=O) groups is 8. The molecule has 0 saturated carbocycles. The monoisotopic (exact) mass is 900 g/mol. The molecule has 0 aromatic carbocycles. The van der Waals surface area contributed by atoms with Crippen LogP contribution in [-0.2, 0) is 38.4 Å². The van der Waals surface area contributed by atoms with E-state index in [0.717, 1.165) is 44.3 Å². The van der Waals surface area contributed by atoms with Crippen LogP contribution in [0.1, 0.15) is 70.6 Å². The van der Waals surface area contributed by atoms with E-state index in [0.29, 0.717) is 45.3 Å².